The molecule has 0 fully saturated rings. The molecule has 3 nitrogen and oxygen atoms in total. The van der Waals surface area contributed by atoms with E-state index >= 15 is 0 Å². The number of thioether (sulfide) groups is 1. The number of rotatable bonds is 6. The molecule has 0 aliphatic carbocycles. The van der Waals surface area contributed by atoms with Gasteiger partial charge in [-0.15, -0.1) is 11.8 Å². The molecule has 0 heterocycles. The van der Waals surface area contributed by atoms with Gasteiger partial charge in [0, 0.05) is 9.92 Å². The third-order valence-electron chi connectivity index (χ3n) is 2.25. The van der Waals surface area contributed by atoms with Crippen molar-refractivity contribution in [1.29, 1.82) is 0 Å². The summed E-state index contributed by atoms with van der Waals surface area (Å²) in [7, 11) is 0. The summed E-state index contributed by atoms with van der Waals surface area (Å²) < 4.78 is 4.71. The first-order valence-electron chi connectivity index (χ1n) is 5.69. The van der Waals surface area contributed by atoms with E-state index in [1.807, 2.05) is 13.0 Å². The largest absolute Gasteiger partial charge is 0.466 e. The number of ketones is 1. The Morgan fingerprint density at radius 1 is 1.26 bits per heavy atom. The summed E-state index contributed by atoms with van der Waals surface area (Å²) in [5.74, 6) is -0.502. The number of aryl methyl sites for hydroxylation is 1. The Morgan fingerprint density at radius 3 is 2.58 bits per heavy atom. The summed E-state index contributed by atoms with van der Waals surface area (Å²) in [5.41, 5.74) is 0.895. The predicted molar refractivity (Wildman–Crippen MR) is 78.2 cm³/mol. The zero-order valence-electron chi connectivity index (χ0n) is 10.7. The van der Waals surface area contributed by atoms with Crippen molar-refractivity contribution >= 4 is 46.7 Å². The van der Waals surface area contributed by atoms with Crippen LogP contribution in [0.2, 0.25) is 10.0 Å². The normalized spacial score (nSPS) is 10.3. The van der Waals surface area contributed by atoms with Gasteiger partial charge in [-0.25, -0.2) is 0 Å². The standard InChI is InChI=1S/C13H14Cl2O3S/c1-3-18-13(17)5-9(16)7-19-12-4-8(2)10(14)6-11(12)15/h4,6H,3,5,7H2,1-2H3. The molecule has 0 bridgehead atoms. The maximum atomic E-state index is 11.6. The zero-order chi connectivity index (χ0) is 14.4. The summed E-state index contributed by atoms with van der Waals surface area (Å²) in [6.45, 7) is 3.85. The van der Waals surface area contributed by atoms with Gasteiger partial charge in [0.05, 0.1) is 17.4 Å². The van der Waals surface area contributed by atoms with Gasteiger partial charge in [-0.05, 0) is 31.5 Å². The quantitative estimate of drug-likeness (QED) is 0.452. The fraction of sp³-hybridized carbons (Fsp3) is 0.385. The molecule has 104 valence electrons. The highest BCUT2D eigenvalue weighted by Crippen LogP contribution is 2.32. The number of halogens is 2. The number of ether oxygens (including phenoxy) is 1. The van der Waals surface area contributed by atoms with Crippen LogP contribution in [0.1, 0.15) is 18.9 Å². The minimum absolute atomic E-state index is 0.180. The third-order valence-corrected chi connectivity index (χ3v) is 4.20. The highest BCUT2D eigenvalue weighted by Gasteiger charge is 2.12. The van der Waals surface area contributed by atoms with Gasteiger partial charge in [-0.3, -0.25) is 9.59 Å². The van der Waals surface area contributed by atoms with Gasteiger partial charge >= 0.3 is 5.97 Å². The topological polar surface area (TPSA) is 43.4 Å². The first-order chi connectivity index (χ1) is 8.93. The van der Waals surface area contributed by atoms with Crippen LogP contribution in [0.15, 0.2) is 17.0 Å². The fourth-order valence-corrected chi connectivity index (χ4v) is 2.75. The molecule has 0 N–H and O–H groups in total. The molecule has 19 heavy (non-hydrogen) atoms. The van der Waals surface area contributed by atoms with Crippen LogP contribution in [0, 0.1) is 6.92 Å². The summed E-state index contributed by atoms with van der Waals surface area (Å²) in [6.07, 6.45) is -0.203. The van der Waals surface area contributed by atoms with Gasteiger partial charge in [0.25, 0.3) is 0 Å². The SMILES string of the molecule is CCOC(=O)CC(=O)CSc1cc(C)c(Cl)cc1Cl. The lowest BCUT2D eigenvalue weighted by atomic mass is 10.2. The zero-order valence-corrected chi connectivity index (χ0v) is 13.0. The lowest BCUT2D eigenvalue weighted by molar-refractivity contribution is -0.145. The number of esters is 1. The van der Waals surface area contributed by atoms with Crippen LogP contribution >= 0.6 is 35.0 Å². The first-order valence-corrected chi connectivity index (χ1v) is 7.44. The van der Waals surface area contributed by atoms with E-state index in [0.717, 1.165) is 10.5 Å². The summed E-state index contributed by atoms with van der Waals surface area (Å²) in [6, 6.07) is 3.48. The third kappa shape index (κ3) is 5.43. The van der Waals surface area contributed by atoms with Crippen LogP contribution < -0.4 is 0 Å². The van der Waals surface area contributed by atoms with Crippen molar-refractivity contribution in [2.45, 2.75) is 25.2 Å². The van der Waals surface area contributed by atoms with Crippen LogP contribution in [-0.4, -0.2) is 24.1 Å². The molecular weight excluding hydrogens is 307 g/mol. The Hall–Kier alpha value is -0.710. The molecule has 0 unspecified atom stereocenters. The molecule has 0 saturated heterocycles. The smallest absolute Gasteiger partial charge is 0.313 e. The first kappa shape index (κ1) is 16.3. The molecule has 0 radical (unpaired) electrons. The second kappa shape index (κ2) is 7.78. The number of hydrogen-bond acceptors (Lipinski definition) is 4. The molecule has 6 heteroatoms. The number of Topliss-reactive ketones (excluding diaryl/α,β-unsaturated/α-hetero) is 1. The Labute approximate surface area is 126 Å². The average molecular weight is 321 g/mol. The van der Waals surface area contributed by atoms with Crippen molar-refractivity contribution in [3.63, 3.8) is 0 Å². The molecule has 1 rings (SSSR count). The number of carbonyl (C=O) groups is 2. The van der Waals surface area contributed by atoms with Crippen LogP contribution in [0.25, 0.3) is 0 Å². The molecule has 1 aromatic rings. The molecule has 0 aliphatic heterocycles. The van der Waals surface area contributed by atoms with Gasteiger partial charge in [-0.1, -0.05) is 23.2 Å². The number of benzene rings is 1. The van der Waals surface area contributed by atoms with Gasteiger partial charge < -0.3 is 4.74 Å². The van der Waals surface area contributed by atoms with E-state index in [4.69, 9.17) is 27.9 Å². The maximum absolute atomic E-state index is 11.6. The van der Waals surface area contributed by atoms with Crippen LogP contribution in [0.4, 0.5) is 0 Å². The Morgan fingerprint density at radius 2 is 1.95 bits per heavy atom. The van der Waals surface area contributed by atoms with Gasteiger partial charge in [0.1, 0.15) is 6.42 Å². The highest BCUT2D eigenvalue weighted by molar-refractivity contribution is 8.00. The summed E-state index contributed by atoms with van der Waals surface area (Å²) in [5, 5.41) is 1.09. The van der Waals surface area contributed by atoms with Crippen LogP contribution in [0.5, 0.6) is 0 Å². The molecule has 0 aliphatic rings. The number of carbonyl (C=O) groups excluding carboxylic acids is 2. The molecule has 0 amide bonds. The lowest BCUT2D eigenvalue weighted by Gasteiger charge is -2.06. The average Bonchev–Trinajstić information content (AvgIpc) is 2.32. The van der Waals surface area contributed by atoms with E-state index in [-0.39, 0.29) is 24.6 Å². The van der Waals surface area contributed by atoms with Crippen molar-refractivity contribution in [3.05, 3.63) is 27.7 Å². The van der Waals surface area contributed by atoms with E-state index in [0.29, 0.717) is 10.0 Å². The van der Waals surface area contributed by atoms with E-state index < -0.39 is 5.97 Å². The van der Waals surface area contributed by atoms with Crippen molar-refractivity contribution in [2.24, 2.45) is 0 Å². The van der Waals surface area contributed by atoms with Crippen LogP contribution in [0.3, 0.4) is 0 Å². The Balaban J connectivity index is 2.55. The second-order valence-corrected chi connectivity index (χ2v) is 5.67. The second-order valence-electron chi connectivity index (χ2n) is 3.84. The van der Waals surface area contributed by atoms with Crippen molar-refractivity contribution in [1.82, 2.24) is 0 Å². The molecule has 0 spiro atoms. The molecular formula is C13H14Cl2O3S. The summed E-state index contributed by atoms with van der Waals surface area (Å²) >= 11 is 13.3. The van der Waals surface area contributed by atoms with Gasteiger partial charge in [-0.2, -0.15) is 0 Å². The maximum Gasteiger partial charge on any atom is 0.313 e. The van der Waals surface area contributed by atoms with E-state index in [1.54, 1.807) is 13.0 Å². The van der Waals surface area contributed by atoms with Crippen molar-refractivity contribution in [3.8, 4) is 0 Å². The molecule has 0 saturated carbocycles. The summed E-state index contributed by atoms with van der Waals surface area (Å²) in [4.78, 5) is 23.5. The lowest BCUT2D eigenvalue weighted by Crippen LogP contribution is -2.12. The molecule has 0 atom stereocenters. The van der Waals surface area contributed by atoms with Crippen LogP contribution in [-0.2, 0) is 14.3 Å². The van der Waals surface area contributed by atoms with Crippen molar-refractivity contribution < 1.29 is 14.3 Å². The minimum Gasteiger partial charge on any atom is -0.466 e. The highest BCUT2D eigenvalue weighted by atomic mass is 35.5. The minimum atomic E-state index is -0.494. The fourth-order valence-electron chi connectivity index (χ4n) is 1.32. The molecule has 0 aromatic heterocycles. The Bertz CT molecular complexity index is 489. The predicted octanol–water partition coefficient (Wildman–Crippen LogP) is 3.92. The molecule has 1 aromatic carbocycles. The van der Waals surface area contributed by atoms with Gasteiger partial charge in [0.15, 0.2) is 5.78 Å². The van der Waals surface area contributed by atoms with Gasteiger partial charge in [0.2, 0.25) is 0 Å². The number of hydrogen-bond donors (Lipinski definition) is 0. The Kier molecular flexibility index (Phi) is 6.69. The van der Waals surface area contributed by atoms with E-state index in [1.165, 1.54) is 11.8 Å². The van der Waals surface area contributed by atoms with E-state index in [9.17, 15) is 9.59 Å². The van der Waals surface area contributed by atoms with E-state index in [2.05, 4.69) is 0 Å². The van der Waals surface area contributed by atoms with Crippen molar-refractivity contribution in [2.75, 3.05) is 12.4 Å². The monoisotopic (exact) mass is 320 g/mol.